The van der Waals surface area contributed by atoms with E-state index in [9.17, 15) is 4.79 Å². The van der Waals surface area contributed by atoms with Gasteiger partial charge in [0.25, 0.3) is 0 Å². The van der Waals surface area contributed by atoms with Crippen molar-refractivity contribution in [3.05, 3.63) is 71.8 Å². The first-order valence-corrected chi connectivity index (χ1v) is 11.8. The minimum atomic E-state index is -0.216. The molecule has 0 atom stereocenters. The molecule has 0 amide bonds. The van der Waals surface area contributed by atoms with Gasteiger partial charge in [-0.05, 0) is 39.3 Å². The zero-order chi connectivity index (χ0) is 24.1. The number of hydrogen-bond acceptors (Lipinski definition) is 6. The minimum absolute atomic E-state index is 0.138. The number of nitrogens with zero attached hydrogens (tertiary/aromatic N) is 4. The summed E-state index contributed by atoms with van der Waals surface area (Å²) in [5, 5.41) is 0. The number of carbonyl (C=O) groups is 1. The van der Waals surface area contributed by atoms with Crippen molar-refractivity contribution in [2.24, 2.45) is 5.92 Å². The Bertz CT molecular complexity index is 724. The van der Waals surface area contributed by atoms with E-state index in [2.05, 4.69) is 96.3 Å². The molecule has 6 nitrogen and oxygen atoms in total. The highest BCUT2D eigenvalue weighted by molar-refractivity contribution is 5.72. The highest BCUT2D eigenvalue weighted by Crippen LogP contribution is 2.13. The van der Waals surface area contributed by atoms with Crippen molar-refractivity contribution in [1.82, 2.24) is 19.6 Å². The molecule has 0 fully saturated rings. The quantitative estimate of drug-likeness (QED) is 0.386. The average Bonchev–Trinajstić information content (AvgIpc) is 2.81. The molecule has 0 N–H and O–H groups in total. The minimum Gasteiger partial charge on any atom is -0.469 e. The van der Waals surface area contributed by atoms with Crippen molar-refractivity contribution in [3.8, 4) is 0 Å². The fourth-order valence-electron chi connectivity index (χ4n) is 3.83. The Hall–Kier alpha value is -2.25. The molecule has 33 heavy (non-hydrogen) atoms. The van der Waals surface area contributed by atoms with Crippen LogP contribution in [0.25, 0.3) is 0 Å². The predicted molar refractivity (Wildman–Crippen MR) is 136 cm³/mol. The van der Waals surface area contributed by atoms with E-state index < -0.39 is 0 Å². The SMILES string of the molecule is COC(=O)C(CN(CCN(C)C)Cc1ccccc1)CN(CCN(C)C)Cc1ccccc1. The van der Waals surface area contributed by atoms with E-state index in [4.69, 9.17) is 4.74 Å². The molecule has 2 aromatic rings. The van der Waals surface area contributed by atoms with Crippen LogP contribution in [0.5, 0.6) is 0 Å². The molecule has 0 heterocycles. The monoisotopic (exact) mass is 454 g/mol. The van der Waals surface area contributed by atoms with E-state index >= 15 is 0 Å². The first-order valence-electron chi connectivity index (χ1n) is 11.8. The summed E-state index contributed by atoms with van der Waals surface area (Å²) in [6, 6.07) is 20.9. The molecule has 0 aliphatic rings. The molecule has 2 rings (SSSR count). The number of esters is 1. The number of ether oxygens (including phenoxy) is 1. The Morgan fingerprint density at radius 2 is 1.09 bits per heavy atom. The van der Waals surface area contributed by atoms with Gasteiger partial charge in [0.2, 0.25) is 0 Å². The smallest absolute Gasteiger partial charge is 0.311 e. The summed E-state index contributed by atoms with van der Waals surface area (Å²) in [7, 11) is 9.84. The molecule has 0 aliphatic carbocycles. The second-order valence-corrected chi connectivity index (χ2v) is 9.27. The van der Waals surface area contributed by atoms with Gasteiger partial charge in [-0.1, -0.05) is 60.7 Å². The summed E-state index contributed by atoms with van der Waals surface area (Å²) in [4.78, 5) is 22.0. The van der Waals surface area contributed by atoms with Gasteiger partial charge in [0.05, 0.1) is 13.0 Å². The molecule has 6 heteroatoms. The van der Waals surface area contributed by atoms with Gasteiger partial charge < -0.3 is 14.5 Å². The lowest BCUT2D eigenvalue weighted by Crippen LogP contribution is -2.43. The third-order valence-corrected chi connectivity index (χ3v) is 5.72. The lowest BCUT2D eigenvalue weighted by molar-refractivity contribution is -0.147. The molecular formula is C27H42N4O2. The van der Waals surface area contributed by atoms with Gasteiger partial charge in [-0.15, -0.1) is 0 Å². The van der Waals surface area contributed by atoms with Crippen molar-refractivity contribution in [2.75, 3.05) is 74.6 Å². The lowest BCUT2D eigenvalue weighted by Gasteiger charge is -2.31. The molecule has 0 spiro atoms. The van der Waals surface area contributed by atoms with Gasteiger partial charge in [-0.25, -0.2) is 0 Å². The summed E-state index contributed by atoms with van der Waals surface area (Å²) in [6.45, 7) is 6.64. The molecule has 0 radical (unpaired) electrons. The van der Waals surface area contributed by atoms with E-state index in [1.54, 1.807) is 0 Å². The third-order valence-electron chi connectivity index (χ3n) is 5.72. The first-order chi connectivity index (χ1) is 15.9. The maximum Gasteiger partial charge on any atom is 0.311 e. The average molecular weight is 455 g/mol. The lowest BCUT2D eigenvalue weighted by atomic mass is 10.1. The van der Waals surface area contributed by atoms with Gasteiger partial charge in [0.1, 0.15) is 0 Å². The maximum atomic E-state index is 12.9. The maximum absolute atomic E-state index is 12.9. The topological polar surface area (TPSA) is 39.3 Å². The molecule has 0 aliphatic heterocycles. The van der Waals surface area contributed by atoms with E-state index in [0.29, 0.717) is 13.1 Å². The number of carbonyl (C=O) groups excluding carboxylic acids is 1. The van der Waals surface area contributed by atoms with Crippen LogP contribution in [0.4, 0.5) is 0 Å². The van der Waals surface area contributed by atoms with Gasteiger partial charge in [0.15, 0.2) is 0 Å². The van der Waals surface area contributed by atoms with Crippen LogP contribution < -0.4 is 0 Å². The molecule has 0 aromatic heterocycles. The zero-order valence-electron chi connectivity index (χ0n) is 21.1. The van der Waals surface area contributed by atoms with Gasteiger partial charge in [-0.3, -0.25) is 14.6 Å². The Morgan fingerprint density at radius 3 is 1.42 bits per heavy atom. The fourth-order valence-corrected chi connectivity index (χ4v) is 3.83. The van der Waals surface area contributed by atoms with E-state index in [-0.39, 0.29) is 11.9 Å². The van der Waals surface area contributed by atoms with Gasteiger partial charge in [-0.2, -0.15) is 0 Å². The molecule has 0 bridgehead atoms. The van der Waals surface area contributed by atoms with E-state index in [1.165, 1.54) is 18.2 Å². The van der Waals surface area contributed by atoms with Gasteiger partial charge in [0, 0.05) is 52.4 Å². The van der Waals surface area contributed by atoms with Crippen molar-refractivity contribution >= 4 is 5.97 Å². The molecule has 0 saturated carbocycles. The number of hydrogen-bond donors (Lipinski definition) is 0. The highest BCUT2D eigenvalue weighted by Gasteiger charge is 2.25. The summed E-state index contributed by atoms with van der Waals surface area (Å²) in [6.07, 6.45) is 0. The van der Waals surface area contributed by atoms with Crippen molar-refractivity contribution in [3.63, 3.8) is 0 Å². The first kappa shape index (κ1) is 27.0. The van der Waals surface area contributed by atoms with Crippen LogP contribution in [-0.4, -0.2) is 100 Å². The van der Waals surface area contributed by atoms with Crippen molar-refractivity contribution in [1.29, 1.82) is 0 Å². The molecule has 0 unspecified atom stereocenters. The van der Waals surface area contributed by atoms with E-state index in [1.807, 2.05) is 12.1 Å². The largest absolute Gasteiger partial charge is 0.469 e. The van der Waals surface area contributed by atoms with Crippen LogP contribution in [0.3, 0.4) is 0 Å². The van der Waals surface area contributed by atoms with Crippen LogP contribution in [-0.2, 0) is 22.6 Å². The van der Waals surface area contributed by atoms with Gasteiger partial charge >= 0.3 is 5.97 Å². The molecule has 0 saturated heterocycles. The Morgan fingerprint density at radius 1 is 0.697 bits per heavy atom. The standard InChI is InChI=1S/C27H42N4O2/c1-28(2)16-18-30(20-24-12-8-6-9-13-24)22-26(27(32)33-5)23-31(19-17-29(3)4)21-25-14-10-7-11-15-25/h6-15,26H,16-23H2,1-5H3. The molecule has 2 aromatic carbocycles. The van der Waals surface area contributed by atoms with Crippen LogP contribution in [0.1, 0.15) is 11.1 Å². The fraction of sp³-hybridized carbons (Fsp3) is 0.519. The van der Waals surface area contributed by atoms with Crippen molar-refractivity contribution < 1.29 is 9.53 Å². The third kappa shape index (κ3) is 10.9. The van der Waals surface area contributed by atoms with E-state index in [0.717, 1.165) is 39.3 Å². The number of likely N-dealkylation sites (N-methyl/N-ethyl adjacent to an activating group) is 2. The van der Waals surface area contributed by atoms with Crippen LogP contribution >= 0.6 is 0 Å². The second kappa shape index (κ2) is 14.8. The van der Waals surface area contributed by atoms with Crippen LogP contribution in [0.15, 0.2) is 60.7 Å². The summed E-state index contributed by atoms with van der Waals surface area (Å²) < 4.78 is 5.25. The number of methoxy groups -OCH3 is 1. The Kier molecular flexibility index (Phi) is 12.1. The number of rotatable bonds is 15. The van der Waals surface area contributed by atoms with Crippen LogP contribution in [0, 0.1) is 5.92 Å². The summed E-state index contributed by atoms with van der Waals surface area (Å²) in [5.74, 6) is -0.354. The second-order valence-electron chi connectivity index (χ2n) is 9.27. The molecular weight excluding hydrogens is 412 g/mol. The number of benzene rings is 2. The zero-order valence-corrected chi connectivity index (χ0v) is 21.1. The highest BCUT2D eigenvalue weighted by atomic mass is 16.5. The van der Waals surface area contributed by atoms with Crippen molar-refractivity contribution in [2.45, 2.75) is 13.1 Å². The summed E-state index contributed by atoms with van der Waals surface area (Å²) in [5.41, 5.74) is 2.52. The summed E-state index contributed by atoms with van der Waals surface area (Å²) >= 11 is 0. The Balaban J connectivity index is 2.16. The normalized spacial score (nSPS) is 11.8. The Labute approximate surface area is 200 Å². The predicted octanol–water partition coefficient (Wildman–Crippen LogP) is 2.90. The molecule has 182 valence electrons. The van der Waals surface area contributed by atoms with Crippen LogP contribution in [0.2, 0.25) is 0 Å².